The van der Waals surface area contributed by atoms with E-state index < -0.39 is 21.9 Å². The van der Waals surface area contributed by atoms with Gasteiger partial charge in [-0.05, 0) is 24.6 Å². The number of phenolic OH excluding ortho intramolecular Hbond substituents is 1. The summed E-state index contributed by atoms with van der Waals surface area (Å²) in [6, 6.07) is 5.38. The molecule has 0 aliphatic carbocycles. The standard InChI is InChI=1S/C14H14N4O5/c1-8-3-12(15)17(13(19)4-8)16-7-9-5-10(18(21)22)14(20)11(6-9)23-2/h3-7,20H,15H2,1-2H3/b16-7-. The molecule has 1 aromatic carbocycles. The molecule has 2 aromatic rings. The lowest BCUT2D eigenvalue weighted by Crippen LogP contribution is -2.19. The van der Waals surface area contributed by atoms with E-state index in [1.807, 2.05) is 0 Å². The van der Waals surface area contributed by atoms with E-state index in [0.29, 0.717) is 5.56 Å². The van der Waals surface area contributed by atoms with Crippen LogP contribution in [0.5, 0.6) is 11.5 Å². The smallest absolute Gasteiger partial charge is 0.315 e. The number of anilines is 1. The first-order chi connectivity index (χ1) is 10.8. The number of nitro groups is 1. The predicted octanol–water partition coefficient (Wildman–Crippen LogP) is 1.24. The minimum atomic E-state index is -0.748. The molecule has 0 spiro atoms. The van der Waals surface area contributed by atoms with Gasteiger partial charge in [-0.25, -0.2) is 0 Å². The number of aryl methyl sites for hydroxylation is 1. The minimum absolute atomic E-state index is 0.0788. The van der Waals surface area contributed by atoms with Crippen LogP contribution in [0.1, 0.15) is 11.1 Å². The molecule has 9 nitrogen and oxygen atoms in total. The lowest BCUT2D eigenvalue weighted by molar-refractivity contribution is -0.386. The van der Waals surface area contributed by atoms with Gasteiger partial charge in [-0.2, -0.15) is 9.78 Å². The fourth-order valence-electron chi connectivity index (χ4n) is 1.95. The van der Waals surface area contributed by atoms with Gasteiger partial charge in [0.2, 0.25) is 5.75 Å². The molecule has 0 amide bonds. The molecule has 0 saturated heterocycles. The van der Waals surface area contributed by atoms with Crippen LogP contribution in [-0.4, -0.2) is 28.0 Å². The first kappa shape index (κ1) is 16.0. The molecule has 0 atom stereocenters. The van der Waals surface area contributed by atoms with Crippen LogP contribution in [0.3, 0.4) is 0 Å². The predicted molar refractivity (Wildman–Crippen MR) is 84.2 cm³/mol. The molecule has 2 rings (SSSR count). The molecule has 0 unspecified atom stereocenters. The first-order valence-corrected chi connectivity index (χ1v) is 6.42. The Morgan fingerprint density at radius 2 is 2.09 bits per heavy atom. The summed E-state index contributed by atoms with van der Waals surface area (Å²) in [5.41, 5.74) is 5.71. The SMILES string of the molecule is COc1cc(/C=N\n2c(N)cc(C)cc2=O)cc([N+](=O)[O-])c1O. The third-order valence-corrected chi connectivity index (χ3v) is 3.00. The number of nitrogen functional groups attached to an aromatic ring is 1. The molecule has 0 fully saturated rings. The summed E-state index contributed by atoms with van der Waals surface area (Å²) in [5, 5.41) is 24.6. The van der Waals surface area contributed by atoms with E-state index in [1.165, 1.54) is 25.5 Å². The molecule has 1 heterocycles. The van der Waals surface area contributed by atoms with Gasteiger partial charge in [0.1, 0.15) is 5.82 Å². The molecule has 120 valence electrons. The van der Waals surface area contributed by atoms with Crippen molar-refractivity contribution in [1.29, 1.82) is 0 Å². The molecule has 0 aliphatic rings. The summed E-state index contributed by atoms with van der Waals surface area (Å²) in [7, 11) is 1.27. The van der Waals surface area contributed by atoms with Gasteiger partial charge in [-0.15, -0.1) is 0 Å². The third kappa shape index (κ3) is 3.28. The van der Waals surface area contributed by atoms with Crippen molar-refractivity contribution in [3.8, 4) is 11.5 Å². The number of benzene rings is 1. The number of aromatic nitrogens is 1. The number of hydrogen-bond acceptors (Lipinski definition) is 7. The number of aromatic hydroxyl groups is 1. The Morgan fingerprint density at radius 3 is 2.65 bits per heavy atom. The number of hydrogen-bond donors (Lipinski definition) is 2. The van der Waals surface area contributed by atoms with E-state index in [4.69, 9.17) is 10.5 Å². The number of rotatable bonds is 4. The van der Waals surface area contributed by atoms with Crippen molar-refractivity contribution in [2.45, 2.75) is 6.92 Å². The van der Waals surface area contributed by atoms with Crippen LogP contribution in [0, 0.1) is 17.0 Å². The summed E-state index contributed by atoms with van der Waals surface area (Å²) in [4.78, 5) is 22.0. The number of nitro benzene ring substituents is 1. The summed E-state index contributed by atoms with van der Waals surface area (Å²) in [5.74, 6) is -0.530. The minimum Gasteiger partial charge on any atom is -0.500 e. The molecule has 0 radical (unpaired) electrons. The Balaban J connectivity index is 2.50. The lowest BCUT2D eigenvalue weighted by atomic mass is 10.2. The Bertz CT molecular complexity index is 857. The van der Waals surface area contributed by atoms with E-state index in [1.54, 1.807) is 13.0 Å². The van der Waals surface area contributed by atoms with Gasteiger partial charge in [-0.3, -0.25) is 14.9 Å². The highest BCUT2D eigenvalue weighted by atomic mass is 16.6. The summed E-state index contributed by atoms with van der Waals surface area (Å²) in [6.45, 7) is 1.72. The molecule has 23 heavy (non-hydrogen) atoms. The Morgan fingerprint density at radius 1 is 1.39 bits per heavy atom. The lowest BCUT2D eigenvalue weighted by Gasteiger charge is -2.06. The number of nitrogens with zero attached hydrogens (tertiary/aromatic N) is 3. The number of ether oxygens (including phenoxy) is 1. The molecule has 0 bridgehead atoms. The molecular weight excluding hydrogens is 304 g/mol. The number of methoxy groups -OCH3 is 1. The van der Waals surface area contributed by atoms with Crippen molar-refractivity contribution in [2.24, 2.45) is 5.10 Å². The average Bonchev–Trinajstić information content (AvgIpc) is 2.47. The van der Waals surface area contributed by atoms with E-state index in [2.05, 4.69) is 5.10 Å². The van der Waals surface area contributed by atoms with Crippen molar-refractivity contribution in [3.05, 3.63) is 55.9 Å². The van der Waals surface area contributed by atoms with Crippen LogP contribution in [0.2, 0.25) is 0 Å². The van der Waals surface area contributed by atoms with Gasteiger partial charge in [0, 0.05) is 17.7 Å². The largest absolute Gasteiger partial charge is 0.500 e. The zero-order valence-electron chi connectivity index (χ0n) is 12.4. The molecule has 0 aliphatic heterocycles. The van der Waals surface area contributed by atoms with Gasteiger partial charge < -0.3 is 15.6 Å². The van der Waals surface area contributed by atoms with Gasteiger partial charge in [-0.1, -0.05) is 0 Å². The maximum absolute atomic E-state index is 11.8. The van der Waals surface area contributed by atoms with Crippen molar-refractivity contribution >= 4 is 17.7 Å². The van der Waals surface area contributed by atoms with Crippen LogP contribution in [0.4, 0.5) is 11.5 Å². The highest BCUT2D eigenvalue weighted by Crippen LogP contribution is 2.36. The topological polar surface area (TPSA) is 133 Å². The van der Waals surface area contributed by atoms with Gasteiger partial charge in [0.15, 0.2) is 5.75 Å². The van der Waals surface area contributed by atoms with Crippen LogP contribution in [0.15, 0.2) is 34.2 Å². The van der Waals surface area contributed by atoms with E-state index in [-0.39, 0.29) is 17.1 Å². The van der Waals surface area contributed by atoms with Crippen LogP contribution in [0.25, 0.3) is 0 Å². The Hall–Kier alpha value is -3.36. The van der Waals surface area contributed by atoms with Crippen LogP contribution in [-0.2, 0) is 0 Å². The number of pyridine rings is 1. The highest BCUT2D eigenvalue weighted by Gasteiger charge is 2.19. The monoisotopic (exact) mass is 318 g/mol. The second-order valence-corrected chi connectivity index (χ2v) is 4.70. The van der Waals surface area contributed by atoms with E-state index in [0.717, 1.165) is 10.7 Å². The van der Waals surface area contributed by atoms with Crippen LogP contribution < -0.4 is 16.0 Å². The number of nitrogens with two attached hydrogens (primary N) is 1. The van der Waals surface area contributed by atoms with Crippen molar-refractivity contribution in [2.75, 3.05) is 12.8 Å². The van der Waals surface area contributed by atoms with Gasteiger partial charge in [0.25, 0.3) is 5.56 Å². The first-order valence-electron chi connectivity index (χ1n) is 6.42. The highest BCUT2D eigenvalue weighted by molar-refractivity contribution is 5.83. The molecule has 9 heteroatoms. The maximum Gasteiger partial charge on any atom is 0.315 e. The number of phenols is 1. The van der Waals surface area contributed by atoms with E-state index >= 15 is 0 Å². The van der Waals surface area contributed by atoms with Gasteiger partial charge >= 0.3 is 5.69 Å². The average molecular weight is 318 g/mol. The molecular formula is C14H14N4O5. The maximum atomic E-state index is 11.8. The summed E-state index contributed by atoms with van der Waals surface area (Å²) >= 11 is 0. The second kappa shape index (κ2) is 6.18. The van der Waals surface area contributed by atoms with E-state index in [9.17, 15) is 20.0 Å². The van der Waals surface area contributed by atoms with Gasteiger partial charge in [0.05, 0.1) is 18.2 Å². The molecule has 1 aromatic heterocycles. The zero-order chi connectivity index (χ0) is 17.1. The van der Waals surface area contributed by atoms with Crippen LogP contribution >= 0.6 is 0 Å². The zero-order valence-corrected chi connectivity index (χ0v) is 12.4. The summed E-state index contributed by atoms with van der Waals surface area (Å²) < 4.78 is 5.84. The molecule has 0 saturated carbocycles. The Kier molecular flexibility index (Phi) is 4.30. The quantitative estimate of drug-likeness (QED) is 0.495. The normalized spacial score (nSPS) is 10.9. The second-order valence-electron chi connectivity index (χ2n) is 4.70. The molecule has 3 N–H and O–H groups in total. The fourth-order valence-corrected chi connectivity index (χ4v) is 1.95. The van der Waals surface area contributed by atoms with Crippen molar-refractivity contribution < 1.29 is 14.8 Å². The Labute approximate surface area is 130 Å². The van der Waals surface area contributed by atoms with Crippen molar-refractivity contribution in [1.82, 2.24) is 4.68 Å². The third-order valence-electron chi connectivity index (χ3n) is 3.00. The van der Waals surface area contributed by atoms with Crippen molar-refractivity contribution in [3.63, 3.8) is 0 Å². The summed E-state index contributed by atoms with van der Waals surface area (Å²) in [6.07, 6.45) is 1.21. The fraction of sp³-hybridized carbons (Fsp3) is 0.143.